The van der Waals surface area contributed by atoms with E-state index >= 15 is 0 Å². The zero-order valence-electron chi connectivity index (χ0n) is 11.3. The van der Waals surface area contributed by atoms with E-state index in [1.165, 1.54) is 6.07 Å². The summed E-state index contributed by atoms with van der Waals surface area (Å²) >= 11 is 0. The van der Waals surface area contributed by atoms with E-state index in [0.29, 0.717) is 13.2 Å². The van der Waals surface area contributed by atoms with Crippen molar-refractivity contribution in [2.75, 3.05) is 26.2 Å². The molecule has 1 unspecified atom stereocenters. The van der Waals surface area contributed by atoms with Crippen LogP contribution >= 0.6 is 0 Å². The fourth-order valence-corrected chi connectivity index (χ4v) is 2.45. The van der Waals surface area contributed by atoms with Gasteiger partial charge in [-0.15, -0.1) is 0 Å². The maximum absolute atomic E-state index is 13.6. The van der Waals surface area contributed by atoms with Crippen molar-refractivity contribution in [3.05, 3.63) is 35.4 Å². The van der Waals surface area contributed by atoms with Crippen molar-refractivity contribution in [2.24, 2.45) is 5.73 Å². The normalized spacial score (nSPS) is 21.3. The number of ether oxygens (including phenoxy) is 1. The molecule has 0 radical (unpaired) electrons. The SMILES string of the molecule is CC1(C)CN(CC(N)c2cc(F)ccc2F)CCO1. The summed E-state index contributed by atoms with van der Waals surface area (Å²) in [4.78, 5) is 2.12. The Hall–Kier alpha value is -1.04. The first-order chi connectivity index (χ1) is 8.87. The molecule has 1 aromatic rings. The van der Waals surface area contributed by atoms with Crippen LogP contribution < -0.4 is 5.73 Å². The summed E-state index contributed by atoms with van der Waals surface area (Å²) in [5.74, 6) is -0.921. The molecule has 1 fully saturated rings. The third-order valence-electron chi connectivity index (χ3n) is 3.32. The van der Waals surface area contributed by atoms with E-state index in [2.05, 4.69) is 4.90 Å². The lowest BCUT2D eigenvalue weighted by atomic mass is 10.0. The molecule has 0 aromatic heterocycles. The molecule has 106 valence electrons. The lowest BCUT2D eigenvalue weighted by Gasteiger charge is -2.39. The first kappa shape index (κ1) is 14.4. The number of rotatable bonds is 3. The number of benzene rings is 1. The van der Waals surface area contributed by atoms with Gasteiger partial charge in [0.25, 0.3) is 0 Å². The predicted molar refractivity (Wildman–Crippen MR) is 69.8 cm³/mol. The summed E-state index contributed by atoms with van der Waals surface area (Å²) in [5, 5.41) is 0. The Morgan fingerprint density at radius 1 is 1.42 bits per heavy atom. The molecule has 0 bridgehead atoms. The van der Waals surface area contributed by atoms with Crippen LogP contribution in [0, 0.1) is 11.6 Å². The smallest absolute Gasteiger partial charge is 0.128 e. The average Bonchev–Trinajstić information content (AvgIpc) is 2.31. The largest absolute Gasteiger partial charge is 0.373 e. The molecular formula is C14H20F2N2O. The van der Waals surface area contributed by atoms with Gasteiger partial charge in [-0.3, -0.25) is 4.90 Å². The van der Waals surface area contributed by atoms with Crippen LogP contribution in [-0.4, -0.2) is 36.7 Å². The van der Waals surface area contributed by atoms with Crippen LogP contribution in [0.4, 0.5) is 8.78 Å². The van der Waals surface area contributed by atoms with E-state index in [0.717, 1.165) is 25.2 Å². The maximum Gasteiger partial charge on any atom is 0.128 e. The molecule has 1 aliphatic rings. The monoisotopic (exact) mass is 270 g/mol. The van der Waals surface area contributed by atoms with Crippen molar-refractivity contribution >= 4 is 0 Å². The molecule has 2 rings (SSSR count). The molecule has 1 saturated heterocycles. The molecule has 0 spiro atoms. The zero-order chi connectivity index (χ0) is 14.0. The van der Waals surface area contributed by atoms with Crippen LogP contribution in [0.1, 0.15) is 25.5 Å². The zero-order valence-corrected chi connectivity index (χ0v) is 11.3. The molecule has 5 heteroatoms. The van der Waals surface area contributed by atoms with E-state index in [9.17, 15) is 8.78 Å². The highest BCUT2D eigenvalue weighted by atomic mass is 19.1. The summed E-state index contributed by atoms with van der Waals surface area (Å²) in [6.07, 6.45) is 0. The van der Waals surface area contributed by atoms with Crippen LogP contribution in [-0.2, 0) is 4.74 Å². The molecule has 19 heavy (non-hydrogen) atoms. The predicted octanol–water partition coefficient (Wildman–Crippen LogP) is 2.08. The minimum absolute atomic E-state index is 0.224. The number of hydrogen-bond acceptors (Lipinski definition) is 3. The van der Waals surface area contributed by atoms with Crippen LogP contribution in [0.3, 0.4) is 0 Å². The third kappa shape index (κ3) is 3.72. The van der Waals surface area contributed by atoms with Gasteiger partial charge in [-0.2, -0.15) is 0 Å². The molecular weight excluding hydrogens is 250 g/mol. The van der Waals surface area contributed by atoms with Crippen molar-refractivity contribution < 1.29 is 13.5 Å². The van der Waals surface area contributed by atoms with Gasteiger partial charge in [-0.1, -0.05) is 0 Å². The van der Waals surface area contributed by atoms with Crippen LogP contribution in [0.25, 0.3) is 0 Å². The van der Waals surface area contributed by atoms with E-state index in [-0.39, 0.29) is 11.2 Å². The lowest BCUT2D eigenvalue weighted by molar-refractivity contribution is -0.0870. The van der Waals surface area contributed by atoms with Gasteiger partial charge in [0.2, 0.25) is 0 Å². The molecule has 0 saturated carbocycles. The first-order valence-corrected chi connectivity index (χ1v) is 6.44. The number of hydrogen-bond donors (Lipinski definition) is 1. The van der Waals surface area contributed by atoms with Crippen LogP contribution in [0.2, 0.25) is 0 Å². The molecule has 0 aliphatic carbocycles. The van der Waals surface area contributed by atoms with Crippen molar-refractivity contribution in [3.63, 3.8) is 0 Å². The standard InChI is InChI=1S/C14H20F2N2O/c1-14(2)9-18(5-6-19-14)8-13(17)11-7-10(15)3-4-12(11)16/h3-4,7,13H,5-6,8-9,17H2,1-2H3. The fraction of sp³-hybridized carbons (Fsp3) is 0.571. The van der Waals surface area contributed by atoms with Crippen molar-refractivity contribution in [3.8, 4) is 0 Å². The summed E-state index contributed by atoms with van der Waals surface area (Å²) in [6.45, 7) is 6.63. The number of nitrogens with two attached hydrogens (primary N) is 1. The Morgan fingerprint density at radius 3 is 2.84 bits per heavy atom. The topological polar surface area (TPSA) is 38.5 Å². The van der Waals surface area contributed by atoms with Gasteiger partial charge in [0, 0.05) is 31.2 Å². The molecule has 1 heterocycles. The van der Waals surface area contributed by atoms with E-state index in [1.807, 2.05) is 13.8 Å². The molecule has 1 aromatic carbocycles. The van der Waals surface area contributed by atoms with Gasteiger partial charge in [0.05, 0.1) is 12.2 Å². The molecule has 1 atom stereocenters. The van der Waals surface area contributed by atoms with E-state index in [4.69, 9.17) is 10.5 Å². The number of nitrogens with zero attached hydrogens (tertiary/aromatic N) is 1. The van der Waals surface area contributed by atoms with Gasteiger partial charge in [-0.05, 0) is 32.0 Å². The Labute approximate surface area is 112 Å². The minimum Gasteiger partial charge on any atom is -0.373 e. The first-order valence-electron chi connectivity index (χ1n) is 6.44. The molecule has 0 amide bonds. The second kappa shape index (κ2) is 5.53. The van der Waals surface area contributed by atoms with E-state index in [1.54, 1.807) is 0 Å². The summed E-state index contributed by atoms with van der Waals surface area (Å²) in [5.41, 5.74) is 6.00. The van der Waals surface area contributed by atoms with Gasteiger partial charge in [0.15, 0.2) is 0 Å². The second-order valence-corrected chi connectivity index (χ2v) is 5.62. The van der Waals surface area contributed by atoms with E-state index < -0.39 is 17.7 Å². The highest BCUT2D eigenvalue weighted by Gasteiger charge is 2.28. The van der Waals surface area contributed by atoms with Gasteiger partial charge in [-0.25, -0.2) is 8.78 Å². The van der Waals surface area contributed by atoms with Crippen molar-refractivity contribution in [1.82, 2.24) is 4.90 Å². The van der Waals surface area contributed by atoms with Crippen LogP contribution in [0.15, 0.2) is 18.2 Å². The van der Waals surface area contributed by atoms with Gasteiger partial charge < -0.3 is 10.5 Å². The third-order valence-corrected chi connectivity index (χ3v) is 3.32. The number of halogens is 2. The Morgan fingerprint density at radius 2 is 2.16 bits per heavy atom. The highest BCUT2D eigenvalue weighted by molar-refractivity contribution is 5.22. The Kier molecular flexibility index (Phi) is 4.18. The lowest BCUT2D eigenvalue weighted by Crippen LogP contribution is -2.50. The quantitative estimate of drug-likeness (QED) is 0.914. The Bertz CT molecular complexity index is 451. The fourth-order valence-electron chi connectivity index (χ4n) is 2.45. The highest BCUT2D eigenvalue weighted by Crippen LogP contribution is 2.21. The maximum atomic E-state index is 13.6. The average molecular weight is 270 g/mol. The van der Waals surface area contributed by atoms with Crippen molar-refractivity contribution in [2.45, 2.75) is 25.5 Å². The van der Waals surface area contributed by atoms with Crippen molar-refractivity contribution in [1.29, 1.82) is 0 Å². The summed E-state index contributed by atoms with van der Waals surface area (Å²) < 4.78 is 32.4. The molecule has 1 aliphatic heterocycles. The summed E-state index contributed by atoms with van der Waals surface area (Å²) in [7, 11) is 0. The second-order valence-electron chi connectivity index (χ2n) is 5.62. The molecule has 2 N–H and O–H groups in total. The minimum atomic E-state index is -0.537. The molecule has 3 nitrogen and oxygen atoms in total. The van der Waals surface area contributed by atoms with Gasteiger partial charge >= 0.3 is 0 Å². The Balaban J connectivity index is 2.04. The summed E-state index contributed by atoms with van der Waals surface area (Å²) in [6, 6.07) is 2.85. The van der Waals surface area contributed by atoms with Gasteiger partial charge in [0.1, 0.15) is 11.6 Å². The number of morpholine rings is 1. The van der Waals surface area contributed by atoms with Crippen LogP contribution in [0.5, 0.6) is 0 Å².